The summed E-state index contributed by atoms with van der Waals surface area (Å²) in [7, 11) is 0. The fourth-order valence-electron chi connectivity index (χ4n) is 2.54. The van der Waals surface area contributed by atoms with Crippen molar-refractivity contribution < 1.29 is 24.2 Å². The number of nitrogens with one attached hydrogen (secondary N) is 1. The summed E-state index contributed by atoms with van der Waals surface area (Å²) in [5, 5.41) is 14.1. The van der Waals surface area contributed by atoms with E-state index in [1.165, 1.54) is 30.3 Å². The minimum Gasteiger partial charge on any atom is -0.506 e. The lowest BCUT2D eigenvalue weighted by Crippen LogP contribution is -2.21. The molecule has 7 nitrogen and oxygen atoms in total. The van der Waals surface area contributed by atoms with E-state index in [1.807, 2.05) is 6.07 Å². The predicted octanol–water partition coefficient (Wildman–Crippen LogP) is 2.44. The van der Waals surface area contributed by atoms with Gasteiger partial charge in [-0.3, -0.25) is 9.59 Å². The number of hydrogen-bond donors (Lipinski definition) is 3. The number of nitrogens with two attached hydrogens (primary N) is 1. The Morgan fingerprint density at radius 1 is 0.963 bits per heavy atom. The SMILES string of the molecule is NC(=O)c1ccc(NC(=O)COC(=O)c2ccc3ccccc3c2O)cc1. The van der Waals surface area contributed by atoms with E-state index in [9.17, 15) is 19.5 Å². The summed E-state index contributed by atoms with van der Waals surface area (Å²) < 4.78 is 4.97. The van der Waals surface area contributed by atoms with Crippen molar-refractivity contribution in [1.82, 2.24) is 0 Å². The lowest BCUT2D eigenvalue weighted by Gasteiger charge is -2.09. The van der Waals surface area contributed by atoms with Crippen LogP contribution in [0.5, 0.6) is 5.75 Å². The number of anilines is 1. The first-order valence-corrected chi connectivity index (χ1v) is 8.03. The van der Waals surface area contributed by atoms with E-state index in [2.05, 4.69) is 5.32 Å². The highest BCUT2D eigenvalue weighted by Gasteiger charge is 2.16. The second-order valence-corrected chi connectivity index (χ2v) is 5.75. The molecule has 0 saturated heterocycles. The molecule has 27 heavy (non-hydrogen) atoms. The van der Waals surface area contributed by atoms with Crippen LogP contribution in [0, 0.1) is 0 Å². The number of aromatic hydroxyl groups is 1. The van der Waals surface area contributed by atoms with Crippen molar-refractivity contribution in [2.24, 2.45) is 5.73 Å². The van der Waals surface area contributed by atoms with Gasteiger partial charge >= 0.3 is 5.97 Å². The van der Waals surface area contributed by atoms with Crippen LogP contribution < -0.4 is 11.1 Å². The van der Waals surface area contributed by atoms with Crippen LogP contribution in [0.1, 0.15) is 20.7 Å². The van der Waals surface area contributed by atoms with Crippen molar-refractivity contribution in [3.63, 3.8) is 0 Å². The highest BCUT2D eigenvalue weighted by atomic mass is 16.5. The second-order valence-electron chi connectivity index (χ2n) is 5.75. The monoisotopic (exact) mass is 364 g/mol. The topological polar surface area (TPSA) is 119 Å². The quantitative estimate of drug-likeness (QED) is 0.601. The molecule has 0 aliphatic rings. The molecule has 3 rings (SSSR count). The lowest BCUT2D eigenvalue weighted by atomic mass is 10.1. The van der Waals surface area contributed by atoms with Gasteiger partial charge < -0.3 is 20.9 Å². The Morgan fingerprint density at radius 3 is 2.37 bits per heavy atom. The van der Waals surface area contributed by atoms with Crippen LogP contribution in [0.25, 0.3) is 10.8 Å². The largest absolute Gasteiger partial charge is 0.506 e. The average molecular weight is 364 g/mol. The Bertz CT molecular complexity index is 1030. The van der Waals surface area contributed by atoms with Crippen LogP contribution in [0.4, 0.5) is 5.69 Å². The smallest absolute Gasteiger partial charge is 0.342 e. The maximum Gasteiger partial charge on any atom is 0.342 e. The molecule has 0 aromatic heterocycles. The lowest BCUT2D eigenvalue weighted by molar-refractivity contribution is -0.119. The Balaban J connectivity index is 1.62. The van der Waals surface area contributed by atoms with Crippen molar-refractivity contribution in [2.45, 2.75) is 0 Å². The molecule has 0 aliphatic heterocycles. The van der Waals surface area contributed by atoms with Gasteiger partial charge in [0.25, 0.3) is 5.91 Å². The molecule has 3 aromatic rings. The van der Waals surface area contributed by atoms with E-state index in [4.69, 9.17) is 10.5 Å². The number of carbonyl (C=O) groups is 3. The van der Waals surface area contributed by atoms with Gasteiger partial charge in [0, 0.05) is 16.6 Å². The maximum absolute atomic E-state index is 12.2. The predicted molar refractivity (Wildman–Crippen MR) is 99.5 cm³/mol. The molecule has 0 spiro atoms. The third-order valence-electron chi connectivity index (χ3n) is 3.91. The summed E-state index contributed by atoms with van der Waals surface area (Å²) in [6.07, 6.45) is 0. The van der Waals surface area contributed by atoms with Gasteiger partial charge in [-0.1, -0.05) is 30.3 Å². The van der Waals surface area contributed by atoms with Crippen LogP contribution in [-0.4, -0.2) is 29.5 Å². The van der Waals surface area contributed by atoms with Crippen LogP contribution in [0.3, 0.4) is 0 Å². The second kappa shape index (κ2) is 7.57. The van der Waals surface area contributed by atoms with Crippen molar-refractivity contribution in [3.8, 4) is 5.75 Å². The number of rotatable bonds is 5. The fourth-order valence-corrected chi connectivity index (χ4v) is 2.54. The van der Waals surface area contributed by atoms with Gasteiger partial charge in [0.15, 0.2) is 6.61 Å². The molecule has 0 saturated carbocycles. The average Bonchev–Trinajstić information content (AvgIpc) is 2.67. The standard InChI is InChI=1S/C20H16N2O5/c21-19(25)13-5-8-14(9-6-13)22-17(23)11-27-20(26)16-10-7-12-3-1-2-4-15(12)18(16)24/h1-10,24H,11H2,(H2,21,25)(H,22,23). The fraction of sp³-hybridized carbons (Fsp3) is 0.0500. The molecule has 0 atom stereocenters. The van der Waals surface area contributed by atoms with Crippen molar-refractivity contribution in [2.75, 3.05) is 11.9 Å². The van der Waals surface area contributed by atoms with Gasteiger partial charge in [-0.2, -0.15) is 0 Å². The number of carbonyl (C=O) groups excluding carboxylic acids is 3. The number of phenols is 1. The summed E-state index contributed by atoms with van der Waals surface area (Å²) >= 11 is 0. The zero-order valence-corrected chi connectivity index (χ0v) is 14.1. The van der Waals surface area contributed by atoms with Gasteiger partial charge in [0.1, 0.15) is 11.3 Å². The normalized spacial score (nSPS) is 10.4. The van der Waals surface area contributed by atoms with Gasteiger partial charge in [0.05, 0.1) is 0 Å². The van der Waals surface area contributed by atoms with Crippen molar-refractivity contribution in [1.29, 1.82) is 0 Å². The third-order valence-corrected chi connectivity index (χ3v) is 3.91. The number of fused-ring (bicyclic) bond motifs is 1. The molecule has 4 N–H and O–H groups in total. The molecule has 136 valence electrons. The van der Waals surface area contributed by atoms with E-state index < -0.39 is 24.4 Å². The van der Waals surface area contributed by atoms with Gasteiger partial charge in [-0.05, 0) is 35.7 Å². The number of ether oxygens (including phenoxy) is 1. The summed E-state index contributed by atoms with van der Waals surface area (Å²) in [6, 6.07) is 16.1. The Kier molecular flexibility index (Phi) is 5.03. The van der Waals surface area contributed by atoms with Crippen LogP contribution in [-0.2, 0) is 9.53 Å². The van der Waals surface area contributed by atoms with E-state index in [-0.39, 0.29) is 11.3 Å². The van der Waals surface area contributed by atoms with Gasteiger partial charge in [-0.15, -0.1) is 0 Å². The molecule has 0 unspecified atom stereocenters. The Hall–Kier alpha value is -3.87. The molecule has 0 fully saturated rings. The number of phenolic OH excluding ortho intramolecular Hbond substituents is 1. The first-order valence-electron chi connectivity index (χ1n) is 8.03. The molecular weight excluding hydrogens is 348 g/mol. The Labute approximate surface area is 154 Å². The van der Waals surface area contributed by atoms with Crippen LogP contribution in [0.2, 0.25) is 0 Å². The van der Waals surface area contributed by atoms with Crippen LogP contribution in [0.15, 0.2) is 60.7 Å². The highest BCUT2D eigenvalue weighted by molar-refractivity contribution is 6.02. The van der Waals surface area contributed by atoms with E-state index in [0.29, 0.717) is 16.6 Å². The summed E-state index contributed by atoms with van der Waals surface area (Å²) in [5.41, 5.74) is 5.86. The van der Waals surface area contributed by atoms with E-state index in [1.54, 1.807) is 24.3 Å². The molecule has 0 heterocycles. The summed E-state index contributed by atoms with van der Waals surface area (Å²) in [6.45, 7) is -0.525. The zero-order chi connectivity index (χ0) is 19.4. The van der Waals surface area contributed by atoms with Crippen LogP contribution >= 0.6 is 0 Å². The van der Waals surface area contributed by atoms with Crippen molar-refractivity contribution >= 4 is 34.2 Å². The third kappa shape index (κ3) is 4.04. The molecule has 7 heteroatoms. The van der Waals surface area contributed by atoms with Crippen molar-refractivity contribution in [3.05, 3.63) is 71.8 Å². The van der Waals surface area contributed by atoms with Gasteiger partial charge in [0.2, 0.25) is 5.91 Å². The molecule has 0 bridgehead atoms. The van der Waals surface area contributed by atoms with E-state index in [0.717, 1.165) is 5.39 Å². The number of hydrogen-bond acceptors (Lipinski definition) is 5. The first kappa shape index (κ1) is 17.9. The molecule has 2 amide bonds. The maximum atomic E-state index is 12.2. The number of amides is 2. The van der Waals surface area contributed by atoms with Gasteiger partial charge in [-0.25, -0.2) is 4.79 Å². The Morgan fingerprint density at radius 2 is 1.67 bits per heavy atom. The summed E-state index contributed by atoms with van der Waals surface area (Å²) in [5.74, 6) is -2.13. The minimum atomic E-state index is -0.808. The molecule has 3 aromatic carbocycles. The number of benzene rings is 3. The first-order chi connectivity index (χ1) is 13.0. The number of primary amides is 1. The molecule has 0 radical (unpaired) electrons. The number of esters is 1. The summed E-state index contributed by atoms with van der Waals surface area (Å²) in [4.78, 5) is 35.1. The van der Waals surface area contributed by atoms with E-state index >= 15 is 0 Å². The molecular formula is C20H16N2O5. The minimum absolute atomic E-state index is 0.0210. The zero-order valence-electron chi connectivity index (χ0n) is 14.1. The highest BCUT2D eigenvalue weighted by Crippen LogP contribution is 2.28. The molecule has 0 aliphatic carbocycles.